The molecule has 0 aliphatic carbocycles. The molecule has 29 heavy (non-hydrogen) atoms. The maximum atomic E-state index is 12.6. The number of hydrogen-bond donors (Lipinski definition) is 0. The van der Waals surface area contributed by atoms with E-state index in [4.69, 9.17) is 14.2 Å². The first kappa shape index (κ1) is 21.4. The van der Waals surface area contributed by atoms with E-state index in [0.717, 1.165) is 39.0 Å². The minimum Gasteiger partial charge on any atom is -0.496 e. The molecule has 1 aromatic heterocycles. The van der Waals surface area contributed by atoms with Crippen LogP contribution < -0.4 is 4.74 Å². The summed E-state index contributed by atoms with van der Waals surface area (Å²) in [4.78, 5) is 24.1. The second-order valence-electron chi connectivity index (χ2n) is 7.70. The summed E-state index contributed by atoms with van der Waals surface area (Å²) in [6, 6.07) is 5.92. The van der Waals surface area contributed by atoms with Gasteiger partial charge < -0.3 is 18.8 Å². The predicted molar refractivity (Wildman–Crippen MR) is 113 cm³/mol. The zero-order valence-electron chi connectivity index (χ0n) is 17.4. The Hall–Kier alpha value is -2.28. The first-order valence-electron chi connectivity index (χ1n) is 9.62. The molecule has 6 nitrogen and oxygen atoms in total. The van der Waals surface area contributed by atoms with Crippen molar-refractivity contribution in [1.82, 2.24) is 4.57 Å². The van der Waals surface area contributed by atoms with Crippen LogP contribution in [0.2, 0.25) is 0 Å². The van der Waals surface area contributed by atoms with Crippen molar-refractivity contribution >= 4 is 27.9 Å². The minimum atomic E-state index is -0.707. The zero-order valence-corrected chi connectivity index (χ0v) is 19.0. The summed E-state index contributed by atoms with van der Waals surface area (Å²) >= 11 is 3.57. The van der Waals surface area contributed by atoms with Crippen LogP contribution in [0.4, 0.5) is 0 Å². The molecular weight excluding hydrogens is 438 g/mol. The molecule has 0 atom stereocenters. The van der Waals surface area contributed by atoms with Gasteiger partial charge in [0, 0.05) is 25.5 Å². The first-order valence-corrected chi connectivity index (χ1v) is 10.4. The molecule has 0 saturated carbocycles. The molecule has 0 bridgehead atoms. The van der Waals surface area contributed by atoms with Crippen molar-refractivity contribution in [3.8, 4) is 17.0 Å². The van der Waals surface area contributed by atoms with E-state index in [2.05, 4.69) is 15.9 Å². The van der Waals surface area contributed by atoms with Gasteiger partial charge in [-0.25, -0.2) is 4.79 Å². The first-order chi connectivity index (χ1) is 13.7. The van der Waals surface area contributed by atoms with Gasteiger partial charge in [0.2, 0.25) is 0 Å². The van der Waals surface area contributed by atoms with Crippen molar-refractivity contribution < 1.29 is 23.8 Å². The minimum absolute atomic E-state index is 0.312. The van der Waals surface area contributed by atoms with Crippen LogP contribution in [-0.4, -0.2) is 35.8 Å². The van der Waals surface area contributed by atoms with E-state index in [-0.39, 0.29) is 11.9 Å². The Morgan fingerprint density at radius 2 is 1.97 bits per heavy atom. The van der Waals surface area contributed by atoms with Gasteiger partial charge in [0.1, 0.15) is 17.0 Å². The third-order valence-corrected chi connectivity index (χ3v) is 5.55. The van der Waals surface area contributed by atoms with E-state index < -0.39 is 5.60 Å². The number of carbonyl (C=O) groups is 2. The largest absolute Gasteiger partial charge is 0.496 e. The standard InChI is InChI=1S/C22H26BrNO5/c1-6-28-21(26)18-9-15(12-22(3,4)29-13(2)25)20-16-11-17(23)19(27-5)10-14(16)7-8-24(18)20/h9-11H,6-8,12H2,1-5H3. The second-order valence-corrected chi connectivity index (χ2v) is 8.55. The van der Waals surface area contributed by atoms with Gasteiger partial charge in [0.05, 0.1) is 23.9 Å². The van der Waals surface area contributed by atoms with Crippen molar-refractivity contribution in [3.05, 3.63) is 39.5 Å². The van der Waals surface area contributed by atoms with Crippen LogP contribution in [0, 0.1) is 0 Å². The summed E-state index contributed by atoms with van der Waals surface area (Å²) in [5, 5.41) is 0. The monoisotopic (exact) mass is 463 g/mol. The number of fused-ring (bicyclic) bond motifs is 3. The highest BCUT2D eigenvalue weighted by atomic mass is 79.9. The maximum absolute atomic E-state index is 12.6. The van der Waals surface area contributed by atoms with Crippen LogP contribution in [0.5, 0.6) is 5.75 Å². The molecular formula is C22H26BrNO5. The Balaban J connectivity index is 2.16. The predicted octanol–water partition coefficient (Wildman–Crippen LogP) is 4.54. The molecule has 0 fully saturated rings. The molecule has 2 aromatic rings. The van der Waals surface area contributed by atoms with Gasteiger partial charge >= 0.3 is 11.9 Å². The van der Waals surface area contributed by atoms with Gasteiger partial charge in [-0.15, -0.1) is 0 Å². The molecule has 1 aromatic carbocycles. The van der Waals surface area contributed by atoms with E-state index >= 15 is 0 Å². The number of halogens is 1. The molecule has 3 rings (SSSR count). The zero-order chi connectivity index (χ0) is 21.3. The molecule has 0 N–H and O–H groups in total. The highest BCUT2D eigenvalue weighted by molar-refractivity contribution is 9.10. The fraction of sp³-hybridized carbons (Fsp3) is 0.455. The number of aromatic nitrogens is 1. The quantitative estimate of drug-likeness (QED) is 0.588. The fourth-order valence-corrected chi connectivity index (χ4v) is 4.47. The SMILES string of the molecule is CCOC(=O)c1cc(CC(C)(C)OC(C)=O)c2n1CCc1cc(OC)c(Br)cc1-2. The molecule has 0 unspecified atom stereocenters. The van der Waals surface area contributed by atoms with E-state index in [1.165, 1.54) is 6.92 Å². The van der Waals surface area contributed by atoms with Crippen molar-refractivity contribution in [2.45, 2.75) is 52.7 Å². The van der Waals surface area contributed by atoms with Gasteiger partial charge in [-0.3, -0.25) is 4.79 Å². The molecule has 1 aliphatic heterocycles. The third kappa shape index (κ3) is 4.34. The molecule has 2 heterocycles. The highest BCUT2D eigenvalue weighted by Gasteiger charge is 2.31. The fourth-order valence-electron chi connectivity index (χ4n) is 3.96. The topological polar surface area (TPSA) is 66.8 Å². The van der Waals surface area contributed by atoms with E-state index in [1.807, 2.05) is 36.6 Å². The molecule has 1 aliphatic rings. The summed E-state index contributed by atoms with van der Waals surface area (Å²) in [5.41, 5.74) is 3.90. The highest BCUT2D eigenvalue weighted by Crippen LogP contribution is 2.41. The normalized spacial score (nSPS) is 12.8. The van der Waals surface area contributed by atoms with Crippen molar-refractivity contribution in [1.29, 1.82) is 0 Å². The van der Waals surface area contributed by atoms with E-state index in [9.17, 15) is 9.59 Å². The molecule has 0 spiro atoms. The number of benzene rings is 1. The molecule has 0 amide bonds. The van der Waals surface area contributed by atoms with E-state index in [0.29, 0.717) is 25.3 Å². The van der Waals surface area contributed by atoms with Gasteiger partial charge in [-0.05, 0) is 72.4 Å². The van der Waals surface area contributed by atoms with Crippen LogP contribution in [0.15, 0.2) is 22.7 Å². The van der Waals surface area contributed by atoms with Crippen LogP contribution >= 0.6 is 15.9 Å². The van der Waals surface area contributed by atoms with Gasteiger partial charge in [0.25, 0.3) is 0 Å². The van der Waals surface area contributed by atoms with E-state index in [1.54, 1.807) is 14.0 Å². The van der Waals surface area contributed by atoms with Crippen LogP contribution in [-0.2, 0) is 33.7 Å². The Morgan fingerprint density at radius 3 is 2.59 bits per heavy atom. The Bertz CT molecular complexity index is 961. The van der Waals surface area contributed by atoms with Crippen molar-refractivity contribution in [2.75, 3.05) is 13.7 Å². The molecule has 7 heteroatoms. The summed E-state index contributed by atoms with van der Waals surface area (Å²) in [5.74, 6) is 0.0964. The second kappa shape index (κ2) is 8.22. The smallest absolute Gasteiger partial charge is 0.354 e. The number of carbonyl (C=O) groups excluding carboxylic acids is 2. The van der Waals surface area contributed by atoms with Crippen LogP contribution in [0.25, 0.3) is 11.3 Å². The average Bonchev–Trinajstić information content (AvgIpc) is 2.98. The van der Waals surface area contributed by atoms with Crippen LogP contribution in [0.3, 0.4) is 0 Å². The molecule has 0 saturated heterocycles. The Labute approximate surface area is 179 Å². The lowest BCUT2D eigenvalue weighted by atomic mass is 9.91. The summed E-state index contributed by atoms with van der Waals surface area (Å²) in [6.07, 6.45) is 1.25. The van der Waals surface area contributed by atoms with Gasteiger partial charge in [-0.2, -0.15) is 0 Å². The average molecular weight is 464 g/mol. The number of aryl methyl sites for hydroxylation is 1. The summed E-state index contributed by atoms with van der Waals surface area (Å²) < 4.78 is 19.1. The summed E-state index contributed by atoms with van der Waals surface area (Å²) in [6.45, 7) is 7.91. The van der Waals surface area contributed by atoms with Crippen molar-refractivity contribution in [2.24, 2.45) is 0 Å². The molecule has 0 radical (unpaired) electrons. The number of methoxy groups -OCH3 is 1. The molecule has 156 valence electrons. The van der Waals surface area contributed by atoms with Gasteiger partial charge in [0.15, 0.2) is 0 Å². The Kier molecular flexibility index (Phi) is 6.08. The van der Waals surface area contributed by atoms with Crippen LogP contribution in [0.1, 0.15) is 49.3 Å². The third-order valence-electron chi connectivity index (χ3n) is 4.93. The maximum Gasteiger partial charge on any atom is 0.354 e. The lowest BCUT2D eigenvalue weighted by Gasteiger charge is -2.27. The lowest BCUT2D eigenvalue weighted by molar-refractivity contribution is -0.153. The number of hydrogen-bond acceptors (Lipinski definition) is 5. The lowest BCUT2D eigenvalue weighted by Crippen LogP contribution is -2.29. The number of ether oxygens (including phenoxy) is 3. The van der Waals surface area contributed by atoms with Crippen molar-refractivity contribution in [3.63, 3.8) is 0 Å². The van der Waals surface area contributed by atoms with Gasteiger partial charge in [-0.1, -0.05) is 0 Å². The Morgan fingerprint density at radius 1 is 1.24 bits per heavy atom. The number of rotatable bonds is 6. The number of esters is 2. The number of nitrogens with zero attached hydrogens (tertiary/aromatic N) is 1. The summed E-state index contributed by atoms with van der Waals surface area (Å²) in [7, 11) is 1.64.